The normalized spacial score (nSPS) is 12.6. The Labute approximate surface area is 127 Å². The second-order valence-corrected chi connectivity index (χ2v) is 5.67. The van der Waals surface area contributed by atoms with Crippen LogP contribution in [0.3, 0.4) is 0 Å². The molecule has 2 aromatic rings. The van der Waals surface area contributed by atoms with E-state index in [0.29, 0.717) is 6.42 Å². The summed E-state index contributed by atoms with van der Waals surface area (Å²) in [4.78, 5) is 0. The molecule has 1 unspecified atom stereocenters. The van der Waals surface area contributed by atoms with Crippen molar-refractivity contribution in [2.24, 2.45) is 0 Å². The third-order valence-corrected chi connectivity index (χ3v) is 3.64. The van der Waals surface area contributed by atoms with Gasteiger partial charge in [0.15, 0.2) is 0 Å². The summed E-state index contributed by atoms with van der Waals surface area (Å²) in [6.45, 7) is 4.95. The van der Waals surface area contributed by atoms with Crippen LogP contribution < -0.4 is 5.32 Å². The van der Waals surface area contributed by atoms with Crippen LogP contribution in [0.5, 0.6) is 0 Å². The first-order valence-corrected chi connectivity index (χ1v) is 7.68. The van der Waals surface area contributed by atoms with Crippen molar-refractivity contribution in [2.75, 3.05) is 6.54 Å². The minimum Gasteiger partial charge on any atom is -0.464 e. The Kier molecular flexibility index (Phi) is 5.38. The molecule has 1 aromatic heterocycles. The maximum absolute atomic E-state index is 13.5. The van der Waals surface area contributed by atoms with Crippen LogP contribution in [0.2, 0.25) is 0 Å². The molecule has 108 valence electrons. The maximum atomic E-state index is 13.5. The molecule has 0 aliphatic heterocycles. The highest BCUT2D eigenvalue weighted by Gasteiger charge is 2.16. The molecule has 0 aliphatic carbocycles. The van der Waals surface area contributed by atoms with Gasteiger partial charge in [-0.15, -0.1) is 0 Å². The van der Waals surface area contributed by atoms with Crippen molar-refractivity contribution >= 4 is 15.9 Å². The summed E-state index contributed by atoms with van der Waals surface area (Å²) in [7, 11) is 0. The molecule has 0 amide bonds. The fraction of sp³-hybridized carbons (Fsp3) is 0.375. The van der Waals surface area contributed by atoms with E-state index < -0.39 is 0 Å². The molecule has 0 saturated carbocycles. The SMILES string of the molecule is CCNC(Cc1cc(F)cc(Br)c1)c1ccc(CC)o1. The van der Waals surface area contributed by atoms with Gasteiger partial charge in [0.2, 0.25) is 0 Å². The van der Waals surface area contributed by atoms with Crippen molar-refractivity contribution in [1.29, 1.82) is 0 Å². The Morgan fingerprint density at radius 1 is 1.25 bits per heavy atom. The monoisotopic (exact) mass is 339 g/mol. The van der Waals surface area contributed by atoms with Crippen LogP contribution in [-0.2, 0) is 12.8 Å². The predicted octanol–water partition coefficient (Wildman–Crippen LogP) is 4.64. The lowest BCUT2D eigenvalue weighted by molar-refractivity contribution is 0.396. The van der Waals surface area contributed by atoms with Gasteiger partial charge < -0.3 is 9.73 Å². The molecule has 0 saturated heterocycles. The average Bonchev–Trinajstić information content (AvgIpc) is 2.85. The minimum absolute atomic E-state index is 0.0639. The van der Waals surface area contributed by atoms with Crippen molar-refractivity contribution in [3.8, 4) is 0 Å². The Morgan fingerprint density at radius 2 is 2.05 bits per heavy atom. The third-order valence-electron chi connectivity index (χ3n) is 3.19. The van der Waals surface area contributed by atoms with Gasteiger partial charge in [-0.1, -0.05) is 29.8 Å². The third kappa shape index (κ3) is 3.93. The zero-order valence-corrected chi connectivity index (χ0v) is 13.3. The summed E-state index contributed by atoms with van der Waals surface area (Å²) in [5, 5.41) is 3.39. The van der Waals surface area contributed by atoms with E-state index >= 15 is 0 Å². The molecule has 4 heteroatoms. The molecule has 1 heterocycles. The highest BCUT2D eigenvalue weighted by Crippen LogP contribution is 2.23. The molecule has 2 nitrogen and oxygen atoms in total. The van der Waals surface area contributed by atoms with Crippen LogP contribution in [-0.4, -0.2) is 6.54 Å². The quantitative estimate of drug-likeness (QED) is 0.829. The molecule has 2 rings (SSSR count). The van der Waals surface area contributed by atoms with Crippen molar-refractivity contribution in [3.05, 3.63) is 57.7 Å². The fourth-order valence-corrected chi connectivity index (χ4v) is 2.77. The van der Waals surface area contributed by atoms with Crippen molar-refractivity contribution in [1.82, 2.24) is 5.32 Å². The van der Waals surface area contributed by atoms with Gasteiger partial charge in [0.25, 0.3) is 0 Å². The summed E-state index contributed by atoms with van der Waals surface area (Å²) >= 11 is 3.33. The summed E-state index contributed by atoms with van der Waals surface area (Å²) in [5.41, 5.74) is 0.942. The van der Waals surface area contributed by atoms with E-state index in [4.69, 9.17) is 4.42 Å². The number of rotatable bonds is 6. The van der Waals surface area contributed by atoms with Gasteiger partial charge in [-0.3, -0.25) is 0 Å². The van der Waals surface area contributed by atoms with E-state index in [-0.39, 0.29) is 11.9 Å². The number of hydrogen-bond donors (Lipinski definition) is 1. The molecule has 0 fully saturated rings. The van der Waals surface area contributed by atoms with Gasteiger partial charge in [0, 0.05) is 10.9 Å². The number of benzene rings is 1. The average molecular weight is 340 g/mol. The fourth-order valence-electron chi connectivity index (χ4n) is 2.26. The smallest absolute Gasteiger partial charge is 0.124 e. The van der Waals surface area contributed by atoms with E-state index in [1.54, 1.807) is 6.07 Å². The molecular weight excluding hydrogens is 321 g/mol. The molecule has 1 N–H and O–H groups in total. The highest BCUT2D eigenvalue weighted by atomic mass is 79.9. The molecule has 0 bridgehead atoms. The molecule has 0 aliphatic rings. The lowest BCUT2D eigenvalue weighted by atomic mass is 10.0. The summed E-state index contributed by atoms with van der Waals surface area (Å²) in [6.07, 6.45) is 1.57. The summed E-state index contributed by atoms with van der Waals surface area (Å²) in [5.74, 6) is 1.66. The van der Waals surface area contributed by atoms with E-state index in [1.807, 2.05) is 18.2 Å². The number of nitrogens with one attached hydrogen (secondary N) is 1. The summed E-state index contributed by atoms with van der Waals surface area (Å²) in [6, 6.07) is 9.04. The second-order valence-electron chi connectivity index (χ2n) is 4.75. The van der Waals surface area contributed by atoms with Crippen molar-refractivity contribution < 1.29 is 8.81 Å². The molecular formula is C16H19BrFNO. The van der Waals surface area contributed by atoms with Crippen LogP contribution in [0.4, 0.5) is 4.39 Å². The zero-order valence-electron chi connectivity index (χ0n) is 11.7. The first kappa shape index (κ1) is 15.3. The maximum Gasteiger partial charge on any atom is 0.124 e. The molecule has 20 heavy (non-hydrogen) atoms. The number of halogens is 2. The largest absolute Gasteiger partial charge is 0.464 e. The molecule has 1 aromatic carbocycles. The van der Waals surface area contributed by atoms with Gasteiger partial charge in [-0.25, -0.2) is 4.39 Å². The lowest BCUT2D eigenvalue weighted by Gasteiger charge is -2.16. The topological polar surface area (TPSA) is 25.2 Å². The van der Waals surface area contributed by atoms with E-state index in [0.717, 1.165) is 34.5 Å². The van der Waals surface area contributed by atoms with Gasteiger partial charge in [0.1, 0.15) is 17.3 Å². The second kappa shape index (κ2) is 7.04. The Morgan fingerprint density at radius 3 is 2.65 bits per heavy atom. The van der Waals surface area contributed by atoms with Crippen LogP contribution in [0, 0.1) is 5.82 Å². The Bertz CT molecular complexity index is 547. The number of aryl methyl sites for hydroxylation is 1. The number of furan rings is 1. The standard InChI is InChI=1S/C16H19BrFNO/c1-3-14-5-6-16(20-14)15(19-4-2)9-11-7-12(17)10-13(18)8-11/h5-8,10,15,19H,3-4,9H2,1-2H3. The van der Waals surface area contributed by atoms with Crippen LogP contribution in [0.15, 0.2) is 39.2 Å². The van der Waals surface area contributed by atoms with Gasteiger partial charge >= 0.3 is 0 Å². The van der Waals surface area contributed by atoms with Gasteiger partial charge in [-0.2, -0.15) is 0 Å². The van der Waals surface area contributed by atoms with Crippen molar-refractivity contribution in [2.45, 2.75) is 32.7 Å². The lowest BCUT2D eigenvalue weighted by Crippen LogP contribution is -2.22. The Balaban J connectivity index is 2.20. The predicted molar refractivity (Wildman–Crippen MR) is 82.3 cm³/mol. The first-order valence-electron chi connectivity index (χ1n) is 6.89. The molecule has 0 spiro atoms. The minimum atomic E-state index is -0.224. The first-order chi connectivity index (χ1) is 9.62. The highest BCUT2D eigenvalue weighted by molar-refractivity contribution is 9.10. The van der Waals surface area contributed by atoms with Crippen LogP contribution in [0.25, 0.3) is 0 Å². The van der Waals surface area contributed by atoms with E-state index in [9.17, 15) is 4.39 Å². The zero-order chi connectivity index (χ0) is 14.5. The number of likely N-dealkylation sites (N-methyl/N-ethyl adjacent to an activating group) is 1. The van der Waals surface area contributed by atoms with E-state index in [2.05, 4.69) is 35.1 Å². The van der Waals surface area contributed by atoms with E-state index in [1.165, 1.54) is 6.07 Å². The van der Waals surface area contributed by atoms with Crippen LogP contribution >= 0.6 is 15.9 Å². The number of hydrogen-bond acceptors (Lipinski definition) is 2. The van der Waals surface area contributed by atoms with Crippen molar-refractivity contribution in [3.63, 3.8) is 0 Å². The summed E-state index contributed by atoms with van der Waals surface area (Å²) < 4.78 is 20.0. The molecule has 1 atom stereocenters. The van der Waals surface area contributed by atoms with Gasteiger partial charge in [-0.05, 0) is 48.9 Å². The van der Waals surface area contributed by atoms with Gasteiger partial charge in [0.05, 0.1) is 6.04 Å². The van der Waals surface area contributed by atoms with Crippen LogP contribution in [0.1, 0.15) is 37.0 Å². The Hall–Kier alpha value is -1.13. The molecule has 0 radical (unpaired) electrons.